The first-order chi connectivity index (χ1) is 9.13. The number of nitro benzene ring substituents is 1. The van der Waals surface area contributed by atoms with E-state index in [4.69, 9.17) is 0 Å². The largest absolute Gasteiger partial charge is 0.393 e. The fraction of sp³-hybridized carbons (Fsp3) is 0.455. The Labute approximate surface area is 108 Å². The minimum absolute atomic E-state index is 0.117. The van der Waals surface area contributed by atoms with Gasteiger partial charge in [-0.3, -0.25) is 10.1 Å². The maximum absolute atomic E-state index is 10.8. The lowest BCUT2D eigenvalue weighted by molar-refractivity contribution is -0.383. The topological polar surface area (TPSA) is 114 Å². The van der Waals surface area contributed by atoms with E-state index in [0.717, 1.165) is 0 Å². The maximum atomic E-state index is 10.8. The first-order valence-corrected chi connectivity index (χ1v) is 5.95. The third-order valence-electron chi connectivity index (χ3n) is 2.86. The first kappa shape index (κ1) is 13.2. The van der Waals surface area contributed by atoms with Crippen molar-refractivity contribution < 1.29 is 14.7 Å². The van der Waals surface area contributed by atoms with Crippen molar-refractivity contribution in [2.24, 2.45) is 0 Å². The van der Waals surface area contributed by atoms with Gasteiger partial charge >= 0.3 is 5.69 Å². The van der Waals surface area contributed by atoms with Gasteiger partial charge in [-0.2, -0.15) is 0 Å². The van der Waals surface area contributed by atoms with Gasteiger partial charge in [-0.15, -0.1) is 0 Å². The third-order valence-corrected chi connectivity index (χ3v) is 2.86. The molecule has 0 spiro atoms. The minimum atomic E-state index is -0.531. The van der Waals surface area contributed by atoms with Crippen molar-refractivity contribution in [1.82, 2.24) is 10.3 Å². The molecule has 8 nitrogen and oxygen atoms in total. The summed E-state index contributed by atoms with van der Waals surface area (Å²) in [5.74, 6) is 0. The maximum Gasteiger partial charge on any atom is 0.300 e. The van der Waals surface area contributed by atoms with E-state index < -0.39 is 4.92 Å². The van der Waals surface area contributed by atoms with E-state index in [-0.39, 0.29) is 17.3 Å². The van der Waals surface area contributed by atoms with Crippen molar-refractivity contribution in [2.45, 2.75) is 25.9 Å². The highest BCUT2D eigenvalue weighted by Crippen LogP contribution is 2.28. The van der Waals surface area contributed by atoms with Crippen LogP contribution in [0.1, 0.15) is 19.8 Å². The predicted molar refractivity (Wildman–Crippen MR) is 67.9 cm³/mol. The molecule has 0 saturated carbocycles. The number of benzene rings is 1. The Bertz CT molecular complexity index is 583. The molecule has 8 heteroatoms. The van der Waals surface area contributed by atoms with Gasteiger partial charge in [0, 0.05) is 12.6 Å². The van der Waals surface area contributed by atoms with Gasteiger partial charge in [-0.25, -0.2) is 4.63 Å². The van der Waals surface area contributed by atoms with Gasteiger partial charge in [0.15, 0.2) is 5.52 Å². The van der Waals surface area contributed by atoms with E-state index in [1.54, 1.807) is 6.07 Å². The molecule has 0 aliphatic heterocycles. The number of aromatic nitrogens is 2. The lowest BCUT2D eigenvalue weighted by atomic mass is 10.2. The van der Waals surface area contributed by atoms with Gasteiger partial charge in [0.1, 0.15) is 0 Å². The molecule has 1 unspecified atom stereocenters. The highest BCUT2D eigenvalue weighted by atomic mass is 16.6. The number of fused-ring (bicyclic) bond motifs is 1. The zero-order valence-electron chi connectivity index (χ0n) is 10.4. The average molecular weight is 266 g/mol. The van der Waals surface area contributed by atoms with Crippen LogP contribution in [0.5, 0.6) is 0 Å². The third kappa shape index (κ3) is 2.79. The van der Waals surface area contributed by atoms with Crippen LogP contribution in [-0.2, 0) is 0 Å². The summed E-state index contributed by atoms with van der Waals surface area (Å²) in [6.07, 6.45) is 0.903. The molecule has 2 N–H and O–H groups in total. The number of aliphatic hydroxyl groups is 1. The second kappa shape index (κ2) is 5.61. The normalized spacial score (nSPS) is 12.5. The molecule has 1 aromatic carbocycles. The van der Waals surface area contributed by atoms with Crippen LogP contribution in [0.2, 0.25) is 0 Å². The smallest absolute Gasteiger partial charge is 0.300 e. The molecule has 0 aliphatic carbocycles. The van der Waals surface area contributed by atoms with E-state index >= 15 is 0 Å². The average Bonchev–Trinajstić information content (AvgIpc) is 2.87. The van der Waals surface area contributed by atoms with Crippen LogP contribution < -0.4 is 5.32 Å². The second-order valence-corrected chi connectivity index (χ2v) is 4.13. The molecule has 0 radical (unpaired) electrons. The molecule has 0 fully saturated rings. The molecule has 1 atom stereocenters. The highest BCUT2D eigenvalue weighted by molar-refractivity contribution is 5.93. The number of nitrogens with one attached hydrogen (secondary N) is 1. The fourth-order valence-electron chi connectivity index (χ4n) is 1.72. The molecule has 2 aromatic rings. The lowest BCUT2D eigenvalue weighted by Crippen LogP contribution is -2.12. The Balaban J connectivity index is 2.18. The van der Waals surface area contributed by atoms with Gasteiger partial charge < -0.3 is 10.4 Å². The summed E-state index contributed by atoms with van der Waals surface area (Å²) in [5.41, 5.74) is 0.895. The Kier molecular flexibility index (Phi) is 3.91. The van der Waals surface area contributed by atoms with Crippen LogP contribution >= 0.6 is 0 Å². The zero-order chi connectivity index (χ0) is 13.8. The van der Waals surface area contributed by atoms with Crippen molar-refractivity contribution in [2.75, 3.05) is 11.9 Å². The minimum Gasteiger partial charge on any atom is -0.393 e. The molecular weight excluding hydrogens is 252 g/mol. The SMILES string of the molecule is CCC(O)CCNc1ccc([N+](=O)[O-])c2nonc12. The van der Waals surface area contributed by atoms with Crippen LogP contribution in [0.15, 0.2) is 16.8 Å². The van der Waals surface area contributed by atoms with Crippen molar-refractivity contribution in [3.63, 3.8) is 0 Å². The monoisotopic (exact) mass is 266 g/mol. The molecule has 19 heavy (non-hydrogen) atoms. The number of hydrogen-bond donors (Lipinski definition) is 2. The highest BCUT2D eigenvalue weighted by Gasteiger charge is 2.19. The molecular formula is C11H14N4O4. The molecule has 1 heterocycles. The van der Waals surface area contributed by atoms with Gasteiger partial charge in [0.25, 0.3) is 0 Å². The van der Waals surface area contributed by atoms with E-state index in [1.807, 2.05) is 6.92 Å². The zero-order valence-corrected chi connectivity index (χ0v) is 10.4. The van der Waals surface area contributed by atoms with Crippen LogP contribution in [0, 0.1) is 10.1 Å². The Morgan fingerprint density at radius 3 is 2.89 bits per heavy atom. The summed E-state index contributed by atoms with van der Waals surface area (Å²) >= 11 is 0. The van der Waals surface area contributed by atoms with Gasteiger partial charge in [0.05, 0.1) is 16.7 Å². The van der Waals surface area contributed by atoms with Crippen LogP contribution in [0.3, 0.4) is 0 Å². The predicted octanol–water partition coefficient (Wildman–Crippen LogP) is 1.70. The standard InChI is InChI=1S/C11H14N4O4/c1-2-7(16)5-6-12-8-3-4-9(15(17)18)11-10(8)13-19-14-11/h3-4,7,12,16H,2,5-6H2,1H3. The molecule has 102 valence electrons. The summed E-state index contributed by atoms with van der Waals surface area (Å²) in [6.45, 7) is 2.44. The Morgan fingerprint density at radius 2 is 2.21 bits per heavy atom. The Morgan fingerprint density at radius 1 is 1.47 bits per heavy atom. The van der Waals surface area contributed by atoms with Crippen molar-refractivity contribution >= 4 is 22.4 Å². The molecule has 0 bridgehead atoms. The van der Waals surface area contributed by atoms with Gasteiger partial charge in [-0.05, 0) is 29.2 Å². The van der Waals surface area contributed by atoms with E-state index in [1.165, 1.54) is 6.07 Å². The summed E-state index contributed by atoms with van der Waals surface area (Å²) in [6, 6.07) is 2.91. The van der Waals surface area contributed by atoms with Crippen LogP contribution in [-0.4, -0.2) is 33.0 Å². The van der Waals surface area contributed by atoms with Crippen molar-refractivity contribution in [3.05, 3.63) is 22.2 Å². The fourth-order valence-corrected chi connectivity index (χ4v) is 1.72. The van der Waals surface area contributed by atoms with Crippen molar-refractivity contribution in [1.29, 1.82) is 0 Å². The first-order valence-electron chi connectivity index (χ1n) is 5.95. The number of non-ortho nitro benzene ring substituents is 1. The number of aliphatic hydroxyl groups excluding tert-OH is 1. The van der Waals surface area contributed by atoms with Gasteiger partial charge in [-0.1, -0.05) is 6.92 Å². The number of nitrogens with zero attached hydrogens (tertiary/aromatic N) is 3. The number of rotatable bonds is 6. The quantitative estimate of drug-likeness (QED) is 0.604. The van der Waals surface area contributed by atoms with E-state index in [9.17, 15) is 15.2 Å². The number of anilines is 1. The molecule has 1 aromatic heterocycles. The van der Waals surface area contributed by atoms with Crippen molar-refractivity contribution in [3.8, 4) is 0 Å². The van der Waals surface area contributed by atoms with Crippen LogP contribution in [0.25, 0.3) is 11.0 Å². The Hall–Kier alpha value is -2.22. The summed E-state index contributed by atoms with van der Waals surface area (Å²) in [7, 11) is 0. The summed E-state index contributed by atoms with van der Waals surface area (Å²) in [5, 5.41) is 30.5. The number of hydrogen-bond acceptors (Lipinski definition) is 7. The van der Waals surface area contributed by atoms with Crippen LogP contribution in [0.4, 0.5) is 11.4 Å². The summed E-state index contributed by atoms with van der Waals surface area (Å²) in [4.78, 5) is 10.3. The summed E-state index contributed by atoms with van der Waals surface area (Å²) < 4.78 is 4.55. The second-order valence-electron chi connectivity index (χ2n) is 4.13. The molecule has 2 rings (SSSR count). The molecule has 0 amide bonds. The molecule has 0 aliphatic rings. The van der Waals surface area contributed by atoms with E-state index in [2.05, 4.69) is 20.3 Å². The lowest BCUT2D eigenvalue weighted by Gasteiger charge is -2.09. The number of nitro groups is 1. The molecule has 0 saturated heterocycles. The van der Waals surface area contributed by atoms with E-state index in [0.29, 0.717) is 30.6 Å². The van der Waals surface area contributed by atoms with Gasteiger partial charge in [0.2, 0.25) is 5.52 Å².